The van der Waals surface area contributed by atoms with Crippen molar-refractivity contribution in [2.24, 2.45) is 0 Å². The molecule has 0 aromatic carbocycles. The summed E-state index contributed by atoms with van der Waals surface area (Å²) in [6.07, 6.45) is 1.38. The Bertz CT molecular complexity index is 46.8. The standard InChI is InChI=1S/C2H5O2S.Na/c1-5(4)2-3;/h2H2,1H3;/q-1;+1. The van der Waals surface area contributed by atoms with Gasteiger partial charge in [-0.15, -0.1) is 0 Å². The van der Waals surface area contributed by atoms with Crippen LogP contribution in [-0.4, -0.2) is 16.4 Å². The van der Waals surface area contributed by atoms with Crippen LogP contribution in [0.15, 0.2) is 0 Å². The van der Waals surface area contributed by atoms with E-state index in [0.29, 0.717) is 0 Å². The van der Waals surface area contributed by atoms with Crippen molar-refractivity contribution in [1.29, 1.82) is 0 Å². The van der Waals surface area contributed by atoms with Gasteiger partial charge in [-0.3, -0.25) is 4.21 Å². The van der Waals surface area contributed by atoms with Gasteiger partial charge < -0.3 is 5.11 Å². The molecule has 0 heterocycles. The Morgan fingerprint density at radius 3 is 2.00 bits per heavy atom. The van der Waals surface area contributed by atoms with E-state index in [9.17, 15) is 9.32 Å². The predicted octanol–water partition coefficient (Wildman–Crippen LogP) is -4.31. The van der Waals surface area contributed by atoms with Crippen molar-refractivity contribution in [2.45, 2.75) is 0 Å². The predicted molar refractivity (Wildman–Crippen MR) is 18.9 cm³/mol. The summed E-state index contributed by atoms with van der Waals surface area (Å²) in [4.78, 5) is 0. The van der Waals surface area contributed by atoms with Crippen LogP contribution in [0, 0.1) is 0 Å². The molecule has 0 radical (unpaired) electrons. The van der Waals surface area contributed by atoms with Crippen LogP contribution in [0.5, 0.6) is 0 Å². The molecule has 6 heavy (non-hydrogen) atoms. The molecule has 0 aromatic heterocycles. The molecule has 0 aliphatic heterocycles. The summed E-state index contributed by atoms with van der Waals surface area (Å²) in [6, 6.07) is 0. The van der Waals surface area contributed by atoms with Gasteiger partial charge in [-0.25, -0.2) is 0 Å². The average Bonchev–Trinajstić information content (AvgIpc) is 1.38. The average molecular weight is 116 g/mol. The van der Waals surface area contributed by atoms with Gasteiger partial charge in [-0.05, 0) is 0 Å². The third kappa shape index (κ3) is 8.92. The van der Waals surface area contributed by atoms with Crippen molar-refractivity contribution in [1.82, 2.24) is 0 Å². The Kier molecular flexibility index (Phi) is 10.4. The topological polar surface area (TPSA) is 40.1 Å². The molecule has 1 atom stereocenters. The first-order valence-electron chi connectivity index (χ1n) is 1.15. The van der Waals surface area contributed by atoms with Crippen molar-refractivity contribution in [2.75, 3.05) is 12.2 Å². The third-order valence-electron chi connectivity index (χ3n) is 0.166. The summed E-state index contributed by atoms with van der Waals surface area (Å²) in [6.45, 7) is 0. The summed E-state index contributed by atoms with van der Waals surface area (Å²) < 4.78 is 9.61. The van der Waals surface area contributed by atoms with E-state index in [2.05, 4.69) is 0 Å². The Hall–Kier alpha value is 1.11. The summed E-state index contributed by atoms with van der Waals surface area (Å²) in [5, 5.41) is 9.33. The van der Waals surface area contributed by atoms with Crippen LogP contribution in [0.2, 0.25) is 0 Å². The largest absolute Gasteiger partial charge is 1.00 e. The Balaban J connectivity index is 0. The van der Waals surface area contributed by atoms with E-state index >= 15 is 0 Å². The van der Waals surface area contributed by atoms with Gasteiger partial charge in [0.1, 0.15) is 0 Å². The molecule has 0 saturated heterocycles. The van der Waals surface area contributed by atoms with Gasteiger partial charge in [0, 0.05) is 17.1 Å². The van der Waals surface area contributed by atoms with E-state index in [1.54, 1.807) is 0 Å². The van der Waals surface area contributed by atoms with Crippen LogP contribution >= 0.6 is 0 Å². The molecule has 0 aliphatic rings. The van der Waals surface area contributed by atoms with Crippen molar-refractivity contribution >= 4 is 10.8 Å². The maximum Gasteiger partial charge on any atom is 1.00 e. The van der Waals surface area contributed by atoms with E-state index in [4.69, 9.17) is 0 Å². The molecule has 0 rings (SSSR count). The monoisotopic (exact) mass is 116 g/mol. The second-order valence-corrected chi connectivity index (χ2v) is 2.07. The molecule has 0 aliphatic carbocycles. The van der Waals surface area contributed by atoms with E-state index < -0.39 is 16.7 Å². The molecular weight excluding hydrogens is 111 g/mol. The van der Waals surface area contributed by atoms with Gasteiger partial charge in [0.2, 0.25) is 0 Å². The summed E-state index contributed by atoms with van der Waals surface area (Å²) in [5.74, 6) is -0.472. The van der Waals surface area contributed by atoms with Crippen LogP contribution in [0.25, 0.3) is 0 Å². The molecule has 0 N–H and O–H groups in total. The second-order valence-electron chi connectivity index (χ2n) is 0.691. The van der Waals surface area contributed by atoms with Crippen LogP contribution < -0.4 is 34.7 Å². The second kappa shape index (κ2) is 6.11. The van der Waals surface area contributed by atoms with Crippen LogP contribution in [0.4, 0.5) is 0 Å². The fourth-order valence-corrected chi connectivity index (χ4v) is 0. The van der Waals surface area contributed by atoms with E-state index in [-0.39, 0.29) is 29.6 Å². The van der Waals surface area contributed by atoms with Crippen LogP contribution in [0.3, 0.4) is 0 Å². The summed E-state index contributed by atoms with van der Waals surface area (Å²) in [5.41, 5.74) is 0. The van der Waals surface area contributed by atoms with Gasteiger partial charge in [0.15, 0.2) is 0 Å². The third-order valence-corrected chi connectivity index (χ3v) is 0.498. The molecular formula is C2H5NaO2S. The first-order valence-corrected chi connectivity index (χ1v) is 2.88. The first-order chi connectivity index (χ1) is 2.27. The molecule has 32 valence electrons. The van der Waals surface area contributed by atoms with Gasteiger partial charge in [-0.2, -0.15) is 0 Å². The van der Waals surface area contributed by atoms with Crippen LogP contribution in [-0.2, 0) is 10.8 Å². The van der Waals surface area contributed by atoms with Gasteiger partial charge in [0.25, 0.3) is 0 Å². The SMILES string of the molecule is CS(=O)C[O-].[Na+]. The first kappa shape index (κ1) is 10.2. The van der Waals surface area contributed by atoms with E-state index in [0.717, 1.165) is 0 Å². The summed E-state index contributed by atoms with van der Waals surface area (Å²) in [7, 11) is -1.13. The Morgan fingerprint density at radius 1 is 1.83 bits per heavy atom. The van der Waals surface area contributed by atoms with E-state index in [1.165, 1.54) is 6.26 Å². The minimum absolute atomic E-state index is 0. The normalized spacial score (nSPS) is 12.3. The molecule has 0 saturated carbocycles. The molecule has 0 amide bonds. The van der Waals surface area contributed by atoms with Crippen LogP contribution in [0.1, 0.15) is 0 Å². The molecule has 1 unspecified atom stereocenters. The fourth-order valence-electron chi connectivity index (χ4n) is 0. The van der Waals surface area contributed by atoms with E-state index in [1.807, 2.05) is 0 Å². The zero-order valence-electron chi connectivity index (χ0n) is 3.93. The quantitative estimate of drug-likeness (QED) is 0.325. The Labute approximate surface area is 61.7 Å². The van der Waals surface area contributed by atoms with Gasteiger partial charge >= 0.3 is 29.6 Å². The smallest absolute Gasteiger partial charge is 0.845 e. The molecule has 4 heteroatoms. The summed E-state index contributed by atoms with van der Waals surface area (Å²) >= 11 is 0. The van der Waals surface area contributed by atoms with Crippen molar-refractivity contribution < 1.29 is 38.9 Å². The molecule has 0 fully saturated rings. The number of rotatable bonds is 1. The Morgan fingerprint density at radius 2 is 2.00 bits per heavy atom. The molecule has 0 spiro atoms. The fraction of sp³-hybridized carbons (Fsp3) is 1.00. The maximum absolute atomic E-state index is 9.61. The van der Waals surface area contributed by atoms with Gasteiger partial charge in [-0.1, -0.05) is 5.94 Å². The molecule has 0 bridgehead atoms. The number of hydrogen-bond donors (Lipinski definition) is 0. The van der Waals surface area contributed by atoms with Crippen molar-refractivity contribution in [3.63, 3.8) is 0 Å². The number of hydrogen-bond acceptors (Lipinski definition) is 2. The maximum atomic E-state index is 9.61. The minimum atomic E-state index is -1.13. The minimum Gasteiger partial charge on any atom is -0.845 e. The molecule has 2 nitrogen and oxygen atoms in total. The zero-order valence-corrected chi connectivity index (χ0v) is 6.75. The van der Waals surface area contributed by atoms with Gasteiger partial charge in [0.05, 0.1) is 0 Å². The van der Waals surface area contributed by atoms with Crippen molar-refractivity contribution in [3.05, 3.63) is 0 Å². The zero-order chi connectivity index (χ0) is 4.28. The van der Waals surface area contributed by atoms with Crippen molar-refractivity contribution in [3.8, 4) is 0 Å². The molecule has 0 aromatic rings.